The van der Waals surface area contributed by atoms with Crippen LogP contribution in [0.5, 0.6) is 0 Å². The summed E-state index contributed by atoms with van der Waals surface area (Å²) in [5.74, 6) is 0.895. The zero-order valence-electron chi connectivity index (χ0n) is 7.69. The summed E-state index contributed by atoms with van der Waals surface area (Å²) >= 11 is 0. The van der Waals surface area contributed by atoms with Gasteiger partial charge in [-0.2, -0.15) is 0 Å². The first-order valence-corrected chi connectivity index (χ1v) is 4.09. The molecule has 0 spiro atoms. The van der Waals surface area contributed by atoms with Crippen LogP contribution in [0.2, 0.25) is 0 Å². The summed E-state index contributed by atoms with van der Waals surface area (Å²) < 4.78 is 15.0. The Balaban J connectivity index is 2.36. The number of ether oxygens (including phenoxy) is 1. The fourth-order valence-corrected chi connectivity index (χ4v) is 1.23. The molecule has 5 heteroatoms. The molecule has 14 heavy (non-hydrogen) atoms. The van der Waals surface area contributed by atoms with Gasteiger partial charge in [-0.15, -0.1) is 0 Å². The largest absolute Gasteiger partial charge is 0.462 e. The summed E-state index contributed by atoms with van der Waals surface area (Å²) in [5, 5.41) is 3.75. The van der Waals surface area contributed by atoms with E-state index in [-0.39, 0.29) is 5.88 Å². The minimum atomic E-state index is 0.264. The molecule has 2 heterocycles. The molecule has 2 N–H and O–H groups in total. The van der Waals surface area contributed by atoms with Gasteiger partial charge in [-0.25, -0.2) is 0 Å². The first kappa shape index (κ1) is 8.83. The Bertz CT molecular complexity index is 419. The second kappa shape index (κ2) is 3.55. The van der Waals surface area contributed by atoms with Crippen molar-refractivity contribution in [2.45, 2.75) is 6.61 Å². The third kappa shape index (κ3) is 1.49. The molecule has 2 rings (SSSR count). The van der Waals surface area contributed by atoms with E-state index in [4.69, 9.17) is 19.4 Å². The van der Waals surface area contributed by atoms with Crippen LogP contribution in [0.4, 0.5) is 5.88 Å². The van der Waals surface area contributed by atoms with Gasteiger partial charge in [0.2, 0.25) is 5.88 Å². The van der Waals surface area contributed by atoms with Gasteiger partial charge in [-0.3, -0.25) is 0 Å². The summed E-state index contributed by atoms with van der Waals surface area (Å²) in [5.41, 5.74) is 6.91. The average molecular weight is 194 g/mol. The highest BCUT2D eigenvalue weighted by Gasteiger charge is 2.12. The van der Waals surface area contributed by atoms with E-state index in [2.05, 4.69) is 5.16 Å². The number of aromatic nitrogens is 1. The highest BCUT2D eigenvalue weighted by molar-refractivity contribution is 5.58. The maximum Gasteiger partial charge on any atom is 0.222 e. The molecule has 0 aliphatic carbocycles. The highest BCUT2D eigenvalue weighted by Crippen LogP contribution is 2.25. The maximum absolute atomic E-state index is 5.41. The topological polar surface area (TPSA) is 74.4 Å². The van der Waals surface area contributed by atoms with Crippen molar-refractivity contribution in [1.82, 2.24) is 5.16 Å². The summed E-state index contributed by atoms with van der Waals surface area (Å²) in [4.78, 5) is 0. The quantitative estimate of drug-likeness (QED) is 0.804. The molecule has 0 saturated heterocycles. The minimum Gasteiger partial charge on any atom is -0.462 e. The lowest BCUT2D eigenvalue weighted by Crippen LogP contribution is -1.87. The van der Waals surface area contributed by atoms with Gasteiger partial charge in [0.25, 0.3) is 0 Å². The van der Waals surface area contributed by atoms with E-state index in [0.29, 0.717) is 18.1 Å². The van der Waals surface area contributed by atoms with E-state index in [1.165, 1.54) is 0 Å². The second-order valence-corrected chi connectivity index (χ2v) is 2.82. The van der Waals surface area contributed by atoms with Crippen LogP contribution in [0, 0.1) is 0 Å². The van der Waals surface area contributed by atoms with Crippen LogP contribution in [0.15, 0.2) is 27.3 Å². The van der Waals surface area contributed by atoms with Gasteiger partial charge in [0.1, 0.15) is 0 Å². The Labute approximate surface area is 80.4 Å². The Morgan fingerprint density at radius 3 is 3.07 bits per heavy atom. The number of nitrogens with two attached hydrogens (primary N) is 1. The number of methoxy groups -OCH3 is 1. The van der Waals surface area contributed by atoms with Gasteiger partial charge in [0.15, 0.2) is 11.5 Å². The molecule has 74 valence electrons. The zero-order chi connectivity index (χ0) is 9.97. The van der Waals surface area contributed by atoms with E-state index in [9.17, 15) is 0 Å². The number of hydrogen-bond donors (Lipinski definition) is 1. The van der Waals surface area contributed by atoms with Crippen molar-refractivity contribution in [3.8, 4) is 11.5 Å². The van der Waals surface area contributed by atoms with Crippen LogP contribution in [0.3, 0.4) is 0 Å². The van der Waals surface area contributed by atoms with E-state index in [0.717, 1.165) is 5.56 Å². The van der Waals surface area contributed by atoms with Crippen LogP contribution >= 0.6 is 0 Å². The predicted octanol–water partition coefficient (Wildman–Crippen LogP) is 1.66. The van der Waals surface area contributed by atoms with Crippen LogP contribution in [-0.2, 0) is 11.3 Å². The summed E-state index contributed by atoms with van der Waals surface area (Å²) in [6, 6.07) is 3.43. The molecule has 0 aliphatic heterocycles. The molecule has 0 fully saturated rings. The predicted molar refractivity (Wildman–Crippen MR) is 49.3 cm³/mol. The molecule has 2 aromatic rings. The molecule has 2 aromatic heterocycles. The highest BCUT2D eigenvalue weighted by atomic mass is 16.5. The molecule has 0 bridgehead atoms. The van der Waals surface area contributed by atoms with Crippen molar-refractivity contribution in [1.29, 1.82) is 0 Å². The van der Waals surface area contributed by atoms with Crippen molar-refractivity contribution in [3.63, 3.8) is 0 Å². The molecule has 5 nitrogen and oxygen atoms in total. The third-order valence-corrected chi connectivity index (χ3v) is 1.81. The lowest BCUT2D eigenvalue weighted by Gasteiger charge is -1.96. The number of nitrogen functional groups attached to an aromatic ring is 1. The Morgan fingerprint density at radius 2 is 2.43 bits per heavy atom. The van der Waals surface area contributed by atoms with Crippen molar-refractivity contribution in [2.24, 2.45) is 0 Å². The maximum atomic E-state index is 5.41. The lowest BCUT2D eigenvalue weighted by atomic mass is 10.2. The molecule has 0 amide bonds. The summed E-state index contributed by atoms with van der Waals surface area (Å²) in [6.07, 6.45) is 1.58. The molecule has 0 atom stereocenters. The van der Waals surface area contributed by atoms with Crippen molar-refractivity contribution in [3.05, 3.63) is 24.0 Å². The Kier molecular flexibility index (Phi) is 2.24. The lowest BCUT2D eigenvalue weighted by molar-refractivity contribution is 0.185. The van der Waals surface area contributed by atoms with Crippen molar-refractivity contribution in [2.75, 3.05) is 12.8 Å². The van der Waals surface area contributed by atoms with Crippen LogP contribution in [-0.4, -0.2) is 12.3 Å². The Morgan fingerprint density at radius 1 is 1.57 bits per heavy atom. The minimum absolute atomic E-state index is 0.264. The summed E-state index contributed by atoms with van der Waals surface area (Å²) in [7, 11) is 1.62. The van der Waals surface area contributed by atoms with E-state index in [1.807, 2.05) is 6.07 Å². The molecule has 0 saturated carbocycles. The fraction of sp³-hybridized carbons (Fsp3) is 0.222. The van der Waals surface area contributed by atoms with Crippen LogP contribution in [0.1, 0.15) is 5.56 Å². The first-order chi connectivity index (χ1) is 6.81. The van der Waals surface area contributed by atoms with Crippen LogP contribution in [0.25, 0.3) is 11.5 Å². The van der Waals surface area contributed by atoms with Crippen molar-refractivity contribution >= 4 is 5.88 Å². The Hall–Kier alpha value is -1.75. The smallest absolute Gasteiger partial charge is 0.222 e. The standard InChI is InChI=1S/C9H10N2O3/c1-12-5-6-2-3-13-9(6)7-4-8(10)14-11-7/h2-4H,5,10H2,1H3. The van der Waals surface area contributed by atoms with E-state index >= 15 is 0 Å². The van der Waals surface area contributed by atoms with Crippen molar-refractivity contribution < 1.29 is 13.7 Å². The van der Waals surface area contributed by atoms with Gasteiger partial charge in [-0.1, -0.05) is 5.16 Å². The van der Waals surface area contributed by atoms with Gasteiger partial charge in [0, 0.05) is 18.7 Å². The number of hydrogen-bond acceptors (Lipinski definition) is 5. The van der Waals surface area contributed by atoms with Gasteiger partial charge in [0.05, 0.1) is 12.9 Å². The van der Waals surface area contributed by atoms with E-state index < -0.39 is 0 Å². The van der Waals surface area contributed by atoms with Crippen LogP contribution < -0.4 is 5.73 Å². The molecule has 0 aliphatic rings. The molecule has 0 radical (unpaired) electrons. The van der Waals surface area contributed by atoms with E-state index in [1.54, 1.807) is 19.4 Å². The second-order valence-electron chi connectivity index (χ2n) is 2.82. The fourth-order valence-electron chi connectivity index (χ4n) is 1.23. The summed E-state index contributed by atoms with van der Waals surface area (Å²) in [6.45, 7) is 0.471. The van der Waals surface area contributed by atoms with Gasteiger partial charge >= 0.3 is 0 Å². The first-order valence-electron chi connectivity index (χ1n) is 4.09. The molecule has 0 unspecified atom stereocenters. The molecule has 0 aromatic carbocycles. The SMILES string of the molecule is COCc1ccoc1-c1cc(N)on1. The monoisotopic (exact) mass is 194 g/mol. The number of nitrogens with zero attached hydrogens (tertiary/aromatic N) is 1. The van der Waals surface area contributed by atoms with Gasteiger partial charge < -0.3 is 19.4 Å². The number of furan rings is 1. The number of rotatable bonds is 3. The normalized spacial score (nSPS) is 10.6. The third-order valence-electron chi connectivity index (χ3n) is 1.81. The molecular formula is C9H10N2O3. The van der Waals surface area contributed by atoms with Gasteiger partial charge in [-0.05, 0) is 6.07 Å². The number of anilines is 1. The average Bonchev–Trinajstić information content (AvgIpc) is 2.74. The molecular weight excluding hydrogens is 184 g/mol. The zero-order valence-corrected chi connectivity index (χ0v) is 7.69.